The van der Waals surface area contributed by atoms with Crippen LogP contribution in [0.4, 0.5) is 5.69 Å². The molecule has 2 aromatic rings. The summed E-state index contributed by atoms with van der Waals surface area (Å²) in [6.07, 6.45) is 1.16. The number of rotatable bonds is 4. The Labute approximate surface area is 157 Å². The Morgan fingerprint density at radius 2 is 2.30 bits per heavy atom. The van der Waals surface area contributed by atoms with E-state index >= 15 is 0 Å². The van der Waals surface area contributed by atoms with Crippen molar-refractivity contribution in [2.45, 2.75) is 38.4 Å². The van der Waals surface area contributed by atoms with Gasteiger partial charge >= 0.3 is 0 Å². The van der Waals surface area contributed by atoms with Crippen molar-refractivity contribution < 1.29 is 14.3 Å². The monoisotopic (exact) mass is 369 g/mol. The lowest BCUT2D eigenvalue weighted by molar-refractivity contribution is -0.126. The number of amides is 2. The minimum atomic E-state index is -0.536. The van der Waals surface area contributed by atoms with Crippen LogP contribution in [-0.2, 0) is 29.2 Å². The molecule has 8 nitrogen and oxygen atoms in total. The molecule has 8 heteroatoms. The van der Waals surface area contributed by atoms with Crippen LogP contribution >= 0.6 is 0 Å². The average molecular weight is 369 g/mol. The molecule has 0 saturated heterocycles. The fraction of sp³-hybridized carbons (Fsp3) is 0.421. The van der Waals surface area contributed by atoms with E-state index in [0.29, 0.717) is 18.0 Å². The number of methoxy groups -OCH3 is 1. The van der Waals surface area contributed by atoms with Crippen LogP contribution in [0.15, 0.2) is 24.3 Å². The first-order valence-electron chi connectivity index (χ1n) is 9.16. The van der Waals surface area contributed by atoms with Gasteiger partial charge in [-0.3, -0.25) is 14.3 Å². The Balaban J connectivity index is 1.48. The van der Waals surface area contributed by atoms with Crippen molar-refractivity contribution in [2.24, 2.45) is 0 Å². The van der Waals surface area contributed by atoms with Crippen LogP contribution < -0.4 is 20.7 Å². The molecule has 1 aromatic carbocycles. The first kappa shape index (κ1) is 17.5. The summed E-state index contributed by atoms with van der Waals surface area (Å²) in [6.45, 7) is 3.00. The summed E-state index contributed by atoms with van der Waals surface area (Å²) in [7, 11) is 1.58. The Morgan fingerprint density at radius 1 is 1.41 bits per heavy atom. The third-order valence-corrected chi connectivity index (χ3v) is 5.00. The molecule has 0 bridgehead atoms. The van der Waals surface area contributed by atoms with Gasteiger partial charge < -0.3 is 20.7 Å². The minimum Gasteiger partial charge on any atom is -0.497 e. The molecule has 1 aromatic heterocycles. The second-order valence-electron chi connectivity index (χ2n) is 6.86. The highest BCUT2D eigenvalue weighted by atomic mass is 16.5. The number of carbonyl (C=O) groups excluding carboxylic acids is 2. The molecule has 0 aliphatic carbocycles. The molecule has 0 fully saturated rings. The van der Waals surface area contributed by atoms with Crippen molar-refractivity contribution in [3.8, 4) is 5.75 Å². The van der Waals surface area contributed by atoms with Gasteiger partial charge in [-0.1, -0.05) is 0 Å². The Bertz CT molecular complexity index is 853. The van der Waals surface area contributed by atoms with Gasteiger partial charge in [0.1, 0.15) is 5.75 Å². The zero-order valence-corrected chi connectivity index (χ0v) is 15.2. The normalized spacial score (nSPS) is 18.7. The van der Waals surface area contributed by atoms with Gasteiger partial charge in [0.2, 0.25) is 11.8 Å². The molecule has 27 heavy (non-hydrogen) atoms. The summed E-state index contributed by atoms with van der Waals surface area (Å²) >= 11 is 0. The topological polar surface area (TPSA) is 97.3 Å². The van der Waals surface area contributed by atoms with Crippen molar-refractivity contribution in [2.75, 3.05) is 19.0 Å². The van der Waals surface area contributed by atoms with Crippen LogP contribution in [0.2, 0.25) is 0 Å². The third-order valence-electron chi connectivity index (χ3n) is 5.00. The van der Waals surface area contributed by atoms with Crippen LogP contribution in [-0.4, -0.2) is 35.2 Å². The number of hydrogen-bond acceptors (Lipinski definition) is 5. The number of nitrogens with one attached hydrogen (secondary N) is 3. The maximum atomic E-state index is 12.8. The number of aromatic nitrogens is 2. The van der Waals surface area contributed by atoms with E-state index in [4.69, 9.17) is 4.74 Å². The maximum absolute atomic E-state index is 12.8. The van der Waals surface area contributed by atoms with Crippen molar-refractivity contribution in [3.05, 3.63) is 41.2 Å². The van der Waals surface area contributed by atoms with Gasteiger partial charge in [-0.25, -0.2) is 0 Å². The van der Waals surface area contributed by atoms with E-state index in [1.807, 2.05) is 16.8 Å². The molecule has 0 saturated carbocycles. The SMILES string of the molecule is COc1ccc2c(c1)C(C(=O)NCc1cc3n(n1)CCCNC3)CC(=O)N2. The summed E-state index contributed by atoms with van der Waals surface area (Å²) in [5, 5.41) is 13.7. The highest BCUT2D eigenvalue weighted by molar-refractivity contribution is 6.01. The first-order chi connectivity index (χ1) is 13.1. The molecule has 3 N–H and O–H groups in total. The van der Waals surface area contributed by atoms with Gasteiger partial charge in [0.05, 0.1) is 31.0 Å². The molecule has 1 unspecified atom stereocenters. The molecule has 2 aliphatic heterocycles. The molecule has 1 atom stereocenters. The molecule has 3 heterocycles. The number of benzene rings is 1. The fourth-order valence-corrected chi connectivity index (χ4v) is 3.61. The van der Waals surface area contributed by atoms with Crippen LogP contribution in [0, 0.1) is 0 Å². The number of ether oxygens (including phenoxy) is 1. The van der Waals surface area contributed by atoms with E-state index in [0.717, 1.165) is 43.0 Å². The van der Waals surface area contributed by atoms with Gasteiger partial charge in [-0.2, -0.15) is 5.10 Å². The van der Waals surface area contributed by atoms with Crippen molar-refractivity contribution >= 4 is 17.5 Å². The molecule has 0 radical (unpaired) electrons. The van der Waals surface area contributed by atoms with Crippen LogP contribution in [0.3, 0.4) is 0 Å². The lowest BCUT2D eigenvalue weighted by atomic mass is 9.89. The van der Waals surface area contributed by atoms with E-state index in [-0.39, 0.29) is 18.2 Å². The van der Waals surface area contributed by atoms with E-state index < -0.39 is 5.92 Å². The minimum absolute atomic E-state index is 0.121. The molecular weight excluding hydrogens is 346 g/mol. The Hall–Kier alpha value is -2.87. The summed E-state index contributed by atoms with van der Waals surface area (Å²) in [4.78, 5) is 24.8. The van der Waals surface area contributed by atoms with Gasteiger partial charge in [0.25, 0.3) is 0 Å². The Kier molecular flexibility index (Phi) is 4.81. The maximum Gasteiger partial charge on any atom is 0.228 e. The van der Waals surface area contributed by atoms with Gasteiger partial charge in [0.15, 0.2) is 0 Å². The van der Waals surface area contributed by atoms with Gasteiger partial charge in [0, 0.05) is 25.2 Å². The number of carbonyl (C=O) groups is 2. The number of fused-ring (bicyclic) bond motifs is 2. The predicted octanol–water partition coefficient (Wildman–Crippen LogP) is 1.13. The molecule has 4 rings (SSSR count). The molecule has 2 amide bonds. The molecule has 0 spiro atoms. The van der Waals surface area contributed by atoms with E-state index in [2.05, 4.69) is 21.0 Å². The fourth-order valence-electron chi connectivity index (χ4n) is 3.61. The summed E-state index contributed by atoms with van der Waals surface area (Å²) in [5.74, 6) is -0.215. The highest BCUT2D eigenvalue weighted by Gasteiger charge is 2.31. The largest absolute Gasteiger partial charge is 0.497 e. The quantitative estimate of drug-likeness (QED) is 0.751. The van der Waals surface area contributed by atoms with E-state index in [1.165, 1.54) is 0 Å². The van der Waals surface area contributed by atoms with Crippen molar-refractivity contribution in [1.82, 2.24) is 20.4 Å². The number of anilines is 1. The first-order valence-corrected chi connectivity index (χ1v) is 9.16. The lowest BCUT2D eigenvalue weighted by Crippen LogP contribution is -2.34. The van der Waals surface area contributed by atoms with Crippen LogP contribution in [0.25, 0.3) is 0 Å². The molecular formula is C19H23N5O3. The number of aryl methyl sites for hydroxylation is 1. The summed E-state index contributed by atoms with van der Waals surface area (Å²) in [6, 6.07) is 7.36. The number of hydrogen-bond donors (Lipinski definition) is 3. The second-order valence-corrected chi connectivity index (χ2v) is 6.86. The smallest absolute Gasteiger partial charge is 0.228 e. The molecule has 2 aliphatic rings. The average Bonchev–Trinajstić information content (AvgIpc) is 2.94. The number of nitrogens with zero attached hydrogens (tertiary/aromatic N) is 2. The second kappa shape index (κ2) is 7.40. The molecule has 142 valence electrons. The van der Waals surface area contributed by atoms with Crippen molar-refractivity contribution in [3.63, 3.8) is 0 Å². The lowest BCUT2D eigenvalue weighted by Gasteiger charge is -2.25. The zero-order valence-electron chi connectivity index (χ0n) is 15.2. The van der Waals surface area contributed by atoms with Crippen molar-refractivity contribution in [1.29, 1.82) is 0 Å². The van der Waals surface area contributed by atoms with Gasteiger partial charge in [-0.15, -0.1) is 0 Å². The summed E-state index contributed by atoms with van der Waals surface area (Å²) in [5.41, 5.74) is 3.39. The standard InChI is InChI=1S/C19H23N5O3/c1-27-14-3-4-17-15(8-14)16(9-18(25)22-17)19(26)21-10-12-7-13-11-20-5-2-6-24(13)23-12/h3-4,7-8,16,20H,2,5-6,9-11H2,1H3,(H,21,26)(H,22,25). The van der Waals surface area contributed by atoms with Crippen LogP contribution in [0.1, 0.15) is 35.7 Å². The Morgan fingerprint density at radius 3 is 3.15 bits per heavy atom. The van der Waals surface area contributed by atoms with E-state index in [1.54, 1.807) is 19.2 Å². The predicted molar refractivity (Wildman–Crippen MR) is 99.4 cm³/mol. The highest BCUT2D eigenvalue weighted by Crippen LogP contribution is 2.35. The van der Waals surface area contributed by atoms with Crippen LogP contribution in [0.5, 0.6) is 5.75 Å². The zero-order chi connectivity index (χ0) is 18.8. The summed E-state index contributed by atoms with van der Waals surface area (Å²) < 4.78 is 7.25. The third kappa shape index (κ3) is 3.66. The van der Waals surface area contributed by atoms with E-state index in [9.17, 15) is 9.59 Å². The van der Waals surface area contributed by atoms with Gasteiger partial charge in [-0.05, 0) is 42.8 Å².